The lowest BCUT2D eigenvalue weighted by Crippen LogP contribution is -2.43. The third-order valence-corrected chi connectivity index (χ3v) is 5.12. The minimum Gasteiger partial charge on any atom is -0.311 e. The van der Waals surface area contributed by atoms with Gasteiger partial charge < -0.3 is 15.6 Å². The Bertz CT molecular complexity index is 672. The maximum atomic E-state index is 12.8. The summed E-state index contributed by atoms with van der Waals surface area (Å²) >= 11 is 0. The van der Waals surface area contributed by atoms with E-state index in [4.69, 9.17) is 5.84 Å². The van der Waals surface area contributed by atoms with Crippen molar-refractivity contribution in [3.63, 3.8) is 0 Å². The molecule has 1 aromatic heterocycles. The summed E-state index contributed by atoms with van der Waals surface area (Å²) in [6.07, 6.45) is 8.12. The number of hydrogen-bond acceptors (Lipinski definition) is 5. The second kappa shape index (κ2) is 9.67. The Morgan fingerprint density at radius 1 is 1.33 bits per heavy atom. The quantitative estimate of drug-likeness (QED) is 0.372. The first-order valence-corrected chi connectivity index (χ1v) is 9.66. The number of pyridine rings is 1. The van der Waals surface area contributed by atoms with Gasteiger partial charge in [-0.3, -0.25) is 9.78 Å². The first-order valence-electron chi connectivity index (χ1n) is 9.66. The van der Waals surface area contributed by atoms with Crippen LogP contribution in [0.5, 0.6) is 0 Å². The average Bonchev–Trinajstić information content (AvgIpc) is 2.67. The van der Waals surface area contributed by atoms with E-state index in [2.05, 4.69) is 27.2 Å². The van der Waals surface area contributed by atoms with Crippen LogP contribution >= 0.6 is 0 Å². The molecule has 1 fully saturated rings. The molecule has 1 saturated heterocycles. The zero-order chi connectivity index (χ0) is 19.9. The van der Waals surface area contributed by atoms with Gasteiger partial charge in [0.05, 0.1) is 0 Å². The third kappa shape index (κ3) is 6.48. The number of carbonyl (C=O) groups excluding carboxylic acids is 1. The molecular formula is C21H33N5O. The van der Waals surface area contributed by atoms with E-state index in [1.54, 1.807) is 12.3 Å². The van der Waals surface area contributed by atoms with Crippen LogP contribution in [0.25, 0.3) is 5.57 Å². The molecule has 6 heteroatoms. The first-order chi connectivity index (χ1) is 12.8. The maximum Gasteiger partial charge on any atom is 0.231 e. The number of rotatable bonds is 8. The number of hydrazine groups is 1. The minimum atomic E-state index is -0.486. The van der Waals surface area contributed by atoms with Crippen LogP contribution in [0.4, 0.5) is 0 Å². The maximum absolute atomic E-state index is 12.8. The van der Waals surface area contributed by atoms with E-state index >= 15 is 0 Å². The third-order valence-electron chi connectivity index (χ3n) is 5.12. The van der Waals surface area contributed by atoms with E-state index in [-0.39, 0.29) is 5.91 Å². The van der Waals surface area contributed by atoms with Crippen LogP contribution in [0.2, 0.25) is 0 Å². The number of aryl methyl sites for hydroxylation is 1. The Labute approximate surface area is 162 Å². The SMILES string of the molecule is C=C(/C=C(\NN)NC(=O)C(C)(C)CCN1CCCCC1)c1ccc(C)nc1. The smallest absolute Gasteiger partial charge is 0.231 e. The fourth-order valence-electron chi connectivity index (χ4n) is 3.05. The first kappa shape index (κ1) is 21.1. The summed E-state index contributed by atoms with van der Waals surface area (Å²) in [6.45, 7) is 13.1. The highest BCUT2D eigenvalue weighted by atomic mass is 16.2. The van der Waals surface area contributed by atoms with Gasteiger partial charge in [-0.1, -0.05) is 32.9 Å². The predicted molar refractivity (Wildman–Crippen MR) is 110 cm³/mol. The number of aromatic nitrogens is 1. The van der Waals surface area contributed by atoms with Crippen molar-refractivity contribution in [2.75, 3.05) is 19.6 Å². The summed E-state index contributed by atoms with van der Waals surface area (Å²) in [5.74, 6) is 5.98. The molecule has 0 saturated carbocycles. The van der Waals surface area contributed by atoms with Gasteiger partial charge in [-0.05, 0) is 69.1 Å². The van der Waals surface area contributed by atoms with Crippen molar-refractivity contribution < 1.29 is 4.79 Å². The lowest BCUT2D eigenvalue weighted by molar-refractivity contribution is -0.129. The van der Waals surface area contributed by atoms with Crippen molar-refractivity contribution in [3.05, 3.63) is 48.1 Å². The Balaban J connectivity index is 1.95. The average molecular weight is 372 g/mol. The van der Waals surface area contributed by atoms with Crippen molar-refractivity contribution in [2.24, 2.45) is 11.3 Å². The summed E-state index contributed by atoms with van der Waals surface area (Å²) in [5, 5.41) is 2.89. The van der Waals surface area contributed by atoms with Gasteiger partial charge in [0.1, 0.15) is 5.82 Å². The molecule has 0 radical (unpaired) electrons. The molecule has 0 spiro atoms. The molecule has 0 aromatic carbocycles. The van der Waals surface area contributed by atoms with Gasteiger partial charge in [0, 0.05) is 17.3 Å². The van der Waals surface area contributed by atoms with Crippen LogP contribution < -0.4 is 16.6 Å². The molecule has 0 bridgehead atoms. The van der Waals surface area contributed by atoms with Gasteiger partial charge in [-0.15, -0.1) is 0 Å². The van der Waals surface area contributed by atoms with Crippen molar-refractivity contribution in [1.29, 1.82) is 0 Å². The van der Waals surface area contributed by atoms with Gasteiger partial charge in [0.25, 0.3) is 0 Å². The molecule has 0 aliphatic carbocycles. The van der Waals surface area contributed by atoms with Crippen LogP contribution in [0, 0.1) is 12.3 Å². The molecule has 1 aromatic rings. The summed E-state index contributed by atoms with van der Waals surface area (Å²) < 4.78 is 0. The Morgan fingerprint density at radius 2 is 2.04 bits per heavy atom. The zero-order valence-electron chi connectivity index (χ0n) is 16.8. The van der Waals surface area contributed by atoms with Crippen LogP contribution in [0.1, 0.15) is 50.8 Å². The Kier molecular flexibility index (Phi) is 7.56. The van der Waals surface area contributed by atoms with Gasteiger partial charge in [0.2, 0.25) is 5.91 Å². The second-order valence-electron chi connectivity index (χ2n) is 7.91. The zero-order valence-corrected chi connectivity index (χ0v) is 16.8. The van der Waals surface area contributed by atoms with Crippen LogP contribution in [-0.2, 0) is 4.79 Å². The highest BCUT2D eigenvalue weighted by molar-refractivity contribution is 5.84. The monoisotopic (exact) mass is 371 g/mol. The fourth-order valence-corrected chi connectivity index (χ4v) is 3.05. The molecule has 148 valence electrons. The van der Waals surface area contributed by atoms with Gasteiger partial charge in [-0.2, -0.15) is 0 Å². The van der Waals surface area contributed by atoms with E-state index in [9.17, 15) is 4.79 Å². The summed E-state index contributed by atoms with van der Waals surface area (Å²) in [5.41, 5.74) is 4.62. The standard InChI is InChI=1S/C21H33N5O/c1-16(18-9-8-17(2)23-15-18)14-19(25-22)24-20(27)21(3,4)10-13-26-11-6-5-7-12-26/h8-9,14-15,25H,1,5-7,10-13,22H2,2-4H3,(H,24,27)/b19-14-. The van der Waals surface area contributed by atoms with Crippen molar-refractivity contribution in [3.8, 4) is 0 Å². The molecule has 4 N–H and O–H groups in total. The Hall–Kier alpha value is -2.18. The topological polar surface area (TPSA) is 83.3 Å². The molecule has 1 aliphatic rings. The summed E-state index contributed by atoms with van der Waals surface area (Å²) in [6, 6.07) is 3.87. The molecule has 2 rings (SSSR count). The van der Waals surface area contributed by atoms with Crippen molar-refractivity contribution >= 4 is 11.5 Å². The number of nitrogens with one attached hydrogen (secondary N) is 2. The lowest BCUT2D eigenvalue weighted by Gasteiger charge is -2.31. The van der Waals surface area contributed by atoms with Crippen LogP contribution in [0.15, 0.2) is 36.8 Å². The number of likely N-dealkylation sites (tertiary alicyclic amines) is 1. The summed E-state index contributed by atoms with van der Waals surface area (Å²) in [4.78, 5) is 19.5. The van der Waals surface area contributed by atoms with Crippen LogP contribution in [-0.4, -0.2) is 35.4 Å². The summed E-state index contributed by atoms with van der Waals surface area (Å²) in [7, 11) is 0. The van der Waals surface area contributed by atoms with E-state index in [0.29, 0.717) is 5.82 Å². The number of piperidine rings is 1. The molecule has 0 unspecified atom stereocenters. The minimum absolute atomic E-state index is 0.0569. The number of amides is 1. The van der Waals surface area contributed by atoms with E-state index in [1.165, 1.54) is 19.3 Å². The molecule has 6 nitrogen and oxygen atoms in total. The molecule has 0 atom stereocenters. The van der Waals surface area contributed by atoms with E-state index in [0.717, 1.165) is 42.9 Å². The fraction of sp³-hybridized carbons (Fsp3) is 0.524. The largest absolute Gasteiger partial charge is 0.311 e. The number of carbonyl (C=O) groups is 1. The predicted octanol–water partition coefficient (Wildman–Crippen LogP) is 2.73. The second-order valence-corrected chi connectivity index (χ2v) is 7.91. The number of hydrogen-bond donors (Lipinski definition) is 3. The molecule has 1 amide bonds. The van der Waals surface area contributed by atoms with E-state index < -0.39 is 5.41 Å². The highest BCUT2D eigenvalue weighted by Gasteiger charge is 2.29. The van der Waals surface area contributed by atoms with Gasteiger partial charge in [0.15, 0.2) is 0 Å². The number of nitrogens with zero attached hydrogens (tertiary/aromatic N) is 2. The normalized spacial score (nSPS) is 16.1. The van der Waals surface area contributed by atoms with Gasteiger partial charge >= 0.3 is 0 Å². The molecule has 2 heterocycles. The van der Waals surface area contributed by atoms with Gasteiger partial charge in [-0.25, -0.2) is 5.84 Å². The molecule has 27 heavy (non-hydrogen) atoms. The highest BCUT2D eigenvalue weighted by Crippen LogP contribution is 2.23. The molecule has 1 aliphatic heterocycles. The lowest BCUT2D eigenvalue weighted by atomic mass is 9.87. The van der Waals surface area contributed by atoms with Crippen LogP contribution in [0.3, 0.4) is 0 Å². The Morgan fingerprint density at radius 3 is 2.63 bits per heavy atom. The number of nitrogens with two attached hydrogens (primary N) is 1. The van der Waals surface area contributed by atoms with Crippen molar-refractivity contribution in [2.45, 2.75) is 46.5 Å². The molecular weight excluding hydrogens is 338 g/mol. The van der Waals surface area contributed by atoms with Crippen molar-refractivity contribution in [1.82, 2.24) is 20.6 Å². The number of allylic oxidation sites excluding steroid dienone is 2. The van der Waals surface area contributed by atoms with E-state index in [1.807, 2.05) is 32.9 Å².